The predicted octanol–water partition coefficient (Wildman–Crippen LogP) is 4.09. The lowest BCUT2D eigenvalue weighted by Crippen LogP contribution is -2.45. The maximum atomic E-state index is 12.4. The number of benzene rings is 1. The molecule has 2 aliphatic heterocycles. The van der Waals surface area contributed by atoms with Gasteiger partial charge in [-0.15, -0.1) is 0 Å². The van der Waals surface area contributed by atoms with Crippen LogP contribution in [0.2, 0.25) is 5.15 Å². The summed E-state index contributed by atoms with van der Waals surface area (Å²) in [6.07, 6.45) is 3.32. The number of halogens is 1. The van der Waals surface area contributed by atoms with Crippen molar-refractivity contribution in [2.45, 2.75) is 36.1 Å². The Labute approximate surface area is 213 Å². The molecule has 182 valence electrons. The lowest BCUT2D eigenvalue weighted by atomic mass is 10.0. The monoisotopic (exact) mass is 511 g/mol. The number of nitrogens with one attached hydrogen (secondary N) is 1. The molecule has 0 aliphatic carbocycles. The van der Waals surface area contributed by atoms with Gasteiger partial charge in [-0.2, -0.15) is 0 Å². The Hall–Kier alpha value is -2.72. The number of aromatic nitrogens is 3. The van der Waals surface area contributed by atoms with Gasteiger partial charge in [0.1, 0.15) is 11.0 Å². The minimum Gasteiger partial charge on any atom is -0.356 e. The Bertz CT molecular complexity index is 1150. The maximum Gasteiger partial charge on any atom is 0.251 e. The zero-order chi connectivity index (χ0) is 24.1. The summed E-state index contributed by atoms with van der Waals surface area (Å²) in [5.74, 6) is 0.932. The lowest BCUT2D eigenvalue weighted by molar-refractivity contribution is -0.169. The molecule has 1 aromatic carbocycles. The van der Waals surface area contributed by atoms with Gasteiger partial charge in [-0.1, -0.05) is 41.6 Å². The summed E-state index contributed by atoms with van der Waals surface area (Å²) >= 11 is 7.83. The van der Waals surface area contributed by atoms with Crippen LogP contribution in [0.1, 0.15) is 34.5 Å². The van der Waals surface area contributed by atoms with E-state index < -0.39 is 5.79 Å². The molecule has 4 heterocycles. The largest absolute Gasteiger partial charge is 0.356 e. The van der Waals surface area contributed by atoms with Crippen LogP contribution < -0.4 is 10.2 Å². The molecule has 2 aliphatic rings. The third-order valence-electron chi connectivity index (χ3n) is 6.06. The van der Waals surface area contributed by atoms with Crippen LogP contribution in [0.5, 0.6) is 0 Å². The van der Waals surface area contributed by atoms with Crippen LogP contribution in [-0.2, 0) is 21.8 Å². The first-order valence-corrected chi connectivity index (χ1v) is 12.9. The summed E-state index contributed by atoms with van der Waals surface area (Å²) in [6, 6.07) is 15.0. The molecular weight excluding hydrogens is 486 g/mol. The fraction of sp³-hybridized carbons (Fsp3) is 0.360. The topological polar surface area (TPSA) is 89.5 Å². The van der Waals surface area contributed by atoms with Crippen molar-refractivity contribution in [2.75, 3.05) is 31.2 Å². The van der Waals surface area contributed by atoms with E-state index in [1.807, 2.05) is 42.5 Å². The van der Waals surface area contributed by atoms with Gasteiger partial charge in [-0.3, -0.25) is 9.78 Å². The van der Waals surface area contributed by atoms with Crippen LogP contribution in [0.3, 0.4) is 0 Å². The van der Waals surface area contributed by atoms with E-state index in [0.29, 0.717) is 41.4 Å². The molecule has 0 atom stereocenters. The van der Waals surface area contributed by atoms with Gasteiger partial charge in [-0.05, 0) is 29.8 Å². The summed E-state index contributed by atoms with van der Waals surface area (Å²) in [5.41, 5.74) is 2.49. The number of piperidine rings is 1. The number of carbonyl (C=O) groups excluding carboxylic acids is 1. The zero-order valence-electron chi connectivity index (χ0n) is 19.2. The van der Waals surface area contributed by atoms with Crippen LogP contribution in [0.15, 0.2) is 59.9 Å². The van der Waals surface area contributed by atoms with E-state index >= 15 is 0 Å². The first-order chi connectivity index (χ1) is 17.1. The second-order valence-electron chi connectivity index (χ2n) is 8.42. The van der Waals surface area contributed by atoms with E-state index in [0.717, 1.165) is 43.0 Å². The molecular formula is C25H26ClN5O3S. The summed E-state index contributed by atoms with van der Waals surface area (Å²) in [4.78, 5) is 27.9. The predicted molar refractivity (Wildman–Crippen MR) is 135 cm³/mol. The van der Waals surface area contributed by atoms with Gasteiger partial charge >= 0.3 is 0 Å². The van der Waals surface area contributed by atoms with Crippen LogP contribution in [-0.4, -0.2) is 52.9 Å². The first-order valence-electron chi connectivity index (χ1n) is 11.6. The van der Waals surface area contributed by atoms with E-state index in [-0.39, 0.29) is 5.91 Å². The number of carbonyl (C=O) groups is 1. The van der Waals surface area contributed by atoms with Crippen molar-refractivity contribution >= 4 is 35.1 Å². The lowest BCUT2D eigenvalue weighted by Gasteiger charge is -2.38. The molecule has 3 aromatic rings. The highest BCUT2D eigenvalue weighted by atomic mass is 35.5. The zero-order valence-corrected chi connectivity index (χ0v) is 20.7. The second-order valence-corrected chi connectivity index (χ2v) is 9.75. The number of rotatable bonds is 7. The number of hydrogen-bond acceptors (Lipinski definition) is 8. The summed E-state index contributed by atoms with van der Waals surface area (Å²) in [6.45, 7) is 3.31. The van der Waals surface area contributed by atoms with Gasteiger partial charge in [0.15, 0.2) is 10.9 Å². The fourth-order valence-electron chi connectivity index (χ4n) is 4.15. The Morgan fingerprint density at radius 3 is 2.57 bits per heavy atom. The average molecular weight is 512 g/mol. The molecule has 10 heteroatoms. The highest BCUT2D eigenvalue weighted by Gasteiger charge is 2.40. The number of anilines is 1. The number of ether oxygens (including phenoxy) is 2. The smallest absolute Gasteiger partial charge is 0.251 e. The molecule has 2 saturated heterocycles. The summed E-state index contributed by atoms with van der Waals surface area (Å²) in [5, 5.41) is 3.94. The molecule has 2 aromatic heterocycles. The van der Waals surface area contributed by atoms with Crippen molar-refractivity contribution < 1.29 is 14.3 Å². The molecule has 5 rings (SSSR count). The number of nitrogens with zero attached hydrogens (tertiary/aromatic N) is 4. The van der Waals surface area contributed by atoms with Crippen LogP contribution in [0.4, 0.5) is 5.82 Å². The number of thioether (sulfide) groups is 1. The van der Waals surface area contributed by atoms with Gasteiger partial charge in [0.2, 0.25) is 0 Å². The Morgan fingerprint density at radius 1 is 1.09 bits per heavy atom. The molecule has 1 spiro atoms. The van der Waals surface area contributed by atoms with Crippen molar-refractivity contribution in [1.29, 1.82) is 0 Å². The first kappa shape index (κ1) is 24.0. The molecule has 0 radical (unpaired) electrons. The standard InChI is InChI=1S/C25H26ClN5O3S/c26-21-15-22(31-11-8-25(9-12-31)33-13-14-34-25)30-24(29-21)35-17-18-4-6-19(7-5-18)23(32)28-16-20-3-1-2-10-27-20/h1-7,10,15H,8-9,11-14,16-17H2,(H,28,32). The van der Waals surface area contributed by atoms with E-state index in [4.69, 9.17) is 26.1 Å². The third-order valence-corrected chi connectivity index (χ3v) is 7.18. The van der Waals surface area contributed by atoms with Gasteiger partial charge in [0.25, 0.3) is 5.91 Å². The molecule has 35 heavy (non-hydrogen) atoms. The van der Waals surface area contributed by atoms with Crippen molar-refractivity contribution in [1.82, 2.24) is 20.3 Å². The average Bonchev–Trinajstić information content (AvgIpc) is 3.35. The molecule has 1 N–H and O–H groups in total. The van der Waals surface area contributed by atoms with Crippen LogP contribution in [0, 0.1) is 0 Å². The van der Waals surface area contributed by atoms with Gasteiger partial charge in [0, 0.05) is 49.5 Å². The Kier molecular flexibility index (Phi) is 7.48. The summed E-state index contributed by atoms with van der Waals surface area (Å²) < 4.78 is 11.6. The molecule has 1 amide bonds. The van der Waals surface area contributed by atoms with Crippen molar-refractivity contribution in [2.24, 2.45) is 0 Å². The minimum absolute atomic E-state index is 0.130. The van der Waals surface area contributed by atoms with Crippen molar-refractivity contribution in [3.8, 4) is 0 Å². The minimum atomic E-state index is -0.424. The van der Waals surface area contributed by atoms with Crippen molar-refractivity contribution in [3.05, 3.63) is 76.7 Å². The highest BCUT2D eigenvalue weighted by molar-refractivity contribution is 7.98. The third kappa shape index (κ3) is 6.10. The fourth-order valence-corrected chi connectivity index (χ4v) is 5.19. The Balaban J connectivity index is 1.15. The van der Waals surface area contributed by atoms with E-state index in [9.17, 15) is 4.79 Å². The van der Waals surface area contributed by atoms with Crippen LogP contribution >= 0.6 is 23.4 Å². The van der Waals surface area contributed by atoms with E-state index in [2.05, 4.69) is 20.2 Å². The van der Waals surface area contributed by atoms with Gasteiger partial charge < -0.3 is 19.7 Å². The quantitative estimate of drug-likeness (QED) is 0.288. The van der Waals surface area contributed by atoms with Gasteiger partial charge in [0.05, 0.1) is 25.5 Å². The molecule has 0 unspecified atom stereocenters. The maximum absolute atomic E-state index is 12.4. The molecule has 0 saturated carbocycles. The van der Waals surface area contributed by atoms with Crippen LogP contribution in [0.25, 0.3) is 0 Å². The number of amides is 1. The molecule has 2 fully saturated rings. The Morgan fingerprint density at radius 2 is 1.86 bits per heavy atom. The van der Waals surface area contributed by atoms with Crippen molar-refractivity contribution in [3.63, 3.8) is 0 Å². The highest BCUT2D eigenvalue weighted by Crippen LogP contribution is 2.33. The summed E-state index contributed by atoms with van der Waals surface area (Å²) in [7, 11) is 0. The number of hydrogen-bond donors (Lipinski definition) is 1. The molecule has 0 bridgehead atoms. The molecule has 8 nitrogen and oxygen atoms in total. The normalized spacial score (nSPS) is 17.0. The van der Waals surface area contributed by atoms with Gasteiger partial charge in [-0.25, -0.2) is 9.97 Å². The SMILES string of the molecule is O=C(NCc1ccccn1)c1ccc(CSc2nc(Cl)cc(N3CCC4(CC3)OCCO4)n2)cc1. The number of pyridine rings is 1. The van der Waals surface area contributed by atoms with E-state index in [1.165, 1.54) is 11.8 Å². The van der Waals surface area contributed by atoms with E-state index in [1.54, 1.807) is 12.3 Å². The second kappa shape index (κ2) is 10.9.